The Kier molecular flexibility index (Phi) is 6.03. The van der Waals surface area contributed by atoms with E-state index < -0.39 is 10.0 Å². The number of rotatable bonds is 5. The van der Waals surface area contributed by atoms with Crippen LogP contribution in [0.15, 0.2) is 51.8 Å². The van der Waals surface area contributed by atoms with Gasteiger partial charge in [-0.25, -0.2) is 12.7 Å². The molecule has 24 heavy (non-hydrogen) atoms. The van der Waals surface area contributed by atoms with Crippen LogP contribution in [0.4, 0.5) is 0 Å². The topological polar surface area (TPSA) is 66.5 Å². The molecule has 0 aliphatic carbocycles. The van der Waals surface area contributed by atoms with Gasteiger partial charge in [0.25, 0.3) is 5.91 Å². The molecule has 5 nitrogen and oxygen atoms in total. The minimum atomic E-state index is -3.64. The van der Waals surface area contributed by atoms with Crippen molar-refractivity contribution in [1.29, 1.82) is 0 Å². The molecule has 0 bridgehead atoms. The van der Waals surface area contributed by atoms with Crippen LogP contribution in [0.25, 0.3) is 0 Å². The van der Waals surface area contributed by atoms with Gasteiger partial charge in [0.2, 0.25) is 10.0 Å². The van der Waals surface area contributed by atoms with Crippen LogP contribution in [0, 0.1) is 0 Å². The lowest BCUT2D eigenvalue weighted by molar-refractivity contribution is 0.0950. The highest BCUT2D eigenvalue weighted by atomic mass is 79.9. The zero-order valence-electron chi connectivity index (χ0n) is 13.1. The van der Waals surface area contributed by atoms with E-state index >= 15 is 0 Å². The summed E-state index contributed by atoms with van der Waals surface area (Å²) in [6.45, 7) is 0.321. The van der Waals surface area contributed by atoms with Gasteiger partial charge in [-0.15, -0.1) is 0 Å². The van der Waals surface area contributed by atoms with E-state index in [0.717, 1.165) is 9.87 Å². The van der Waals surface area contributed by atoms with E-state index in [-0.39, 0.29) is 16.4 Å². The molecule has 0 aliphatic rings. The Morgan fingerprint density at radius 3 is 2.38 bits per heavy atom. The third kappa shape index (κ3) is 4.36. The third-order valence-electron chi connectivity index (χ3n) is 3.32. The van der Waals surface area contributed by atoms with Gasteiger partial charge in [0.15, 0.2) is 0 Å². The molecule has 2 rings (SSSR count). The summed E-state index contributed by atoms with van der Waals surface area (Å²) in [7, 11) is -0.765. The number of hydrogen-bond donors (Lipinski definition) is 1. The van der Waals surface area contributed by atoms with Crippen molar-refractivity contribution in [3.8, 4) is 0 Å². The Hall–Kier alpha value is -1.41. The van der Waals surface area contributed by atoms with Crippen LogP contribution in [0.3, 0.4) is 0 Å². The molecule has 0 saturated carbocycles. The molecule has 1 amide bonds. The minimum Gasteiger partial charge on any atom is -0.348 e. The Labute approximate surface area is 154 Å². The number of hydrogen-bond acceptors (Lipinski definition) is 3. The van der Waals surface area contributed by atoms with Gasteiger partial charge in [-0.05, 0) is 51.8 Å². The lowest BCUT2D eigenvalue weighted by atomic mass is 10.2. The Balaban J connectivity index is 2.20. The van der Waals surface area contributed by atoms with Crippen molar-refractivity contribution in [2.45, 2.75) is 11.4 Å². The summed E-state index contributed by atoms with van der Waals surface area (Å²) in [4.78, 5) is 12.3. The van der Waals surface area contributed by atoms with Crippen LogP contribution in [0.2, 0.25) is 5.02 Å². The number of benzene rings is 2. The number of carbonyl (C=O) groups is 1. The first-order valence-corrected chi connectivity index (χ1v) is 9.57. The quantitative estimate of drug-likeness (QED) is 0.790. The van der Waals surface area contributed by atoms with Gasteiger partial charge in [-0.1, -0.05) is 23.7 Å². The van der Waals surface area contributed by atoms with Gasteiger partial charge in [0.05, 0.1) is 4.90 Å². The van der Waals surface area contributed by atoms with Crippen LogP contribution in [0.1, 0.15) is 15.9 Å². The average molecular weight is 432 g/mol. The van der Waals surface area contributed by atoms with E-state index in [1.165, 1.54) is 20.2 Å². The van der Waals surface area contributed by atoms with E-state index in [2.05, 4.69) is 21.2 Å². The number of carbonyl (C=O) groups excluding carboxylic acids is 1. The van der Waals surface area contributed by atoms with Crippen LogP contribution in [-0.4, -0.2) is 32.7 Å². The fourth-order valence-corrected chi connectivity index (χ4v) is 3.90. The monoisotopic (exact) mass is 430 g/mol. The zero-order valence-corrected chi connectivity index (χ0v) is 16.2. The van der Waals surface area contributed by atoms with Crippen LogP contribution in [0.5, 0.6) is 0 Å². The maximum atomic E-state index is 12.3. The van der Waals surface area contributed by atoms with Crippen molar-refractivity contribution in [3.05, 3.63) is 63.1 Å². The predicted molar refractivity (Wildman–Crippen MR) is 97.6 cm³/mol. The number of nitrogens with zero attached hydrogens (tertiary/aromatic N) is 1. The normalized spacial score (nSPS) is 11.5. The fourth-order valence-electron chi connectivity index (χ4n) is 1.93. The number of amides is 1. The molecule has 0 spiro atoms. The van der Waals surface area contributed by atoms with E-state index in [0.29, 0.717) is 16.0 Å². The smallest absolute Gasteiger partial charge is 0.251 e. The van der Waals surface area contributed by atoms with E-state index in [1.54, 1.807) is 24.3 Å². The summed E-state index contributed by atoms with van der Waals surface area (Å²) in [6, 6.07) is 11.6. The van der Waals surface area contributed by atoms with Gasteiger partial charge in [-0.2, -0.15) is 0 Å². The van der Waals surface area contributed by atoms with Crippen molar-refractivity contribution in [2.24, 2.45) is 0 Å². The molecule has 0 radical (unpaired) electrons. The van der Waals surface area contributed by atoms with E-state index in [4.69, 9.17) is 11.6 Å². The van der Waals surface area contributed by atoms with Crippen molar-refractivity contribution in [2.75, 3.05) is 14.1 Å². The van der Waals surface area contributed by atoms with Gasteiger partial charge in [-0.3, -0.25) is 4.79 Å². The molecular weight excluding hydrogens is 416 g/mol. The first kappa shape index (κ1) is 18.9. The number of halogens is 2. The summed E-state index contributed by atoms with van der Waals surface area (Å²) < 4.78 is 26.1. The molecule has 0 aliphatic heterocycles. The van der Waals surface area contributed by atoms with Crippen LogP contribution >= 0.6 is 27.5 Å². The maximum Gasteiger partial charge on any atom is 0.251 e. The SMILES string of the molecule is CN(C)S(=O)(=O)c1cc(C(=O)NCc2ccc(Cl)cc2)ccc1Br. The second kappa shape index (κ2) is 7.65. The first-order valence-electron chi connectivity index (χ1n) is 6.96. The van der Waals surface area contributed by atoms with Gasteiger partial charge >= 0.3 is 0 Å². The molecule has 8 heteroatoms. The Morgan fingerprint density at radius 2 is 1.79 bits per heavy atom. The van der Waals surface area contributed by atoms with E-state index in [9.17, 15) is 13.2 Å². The molecule has 0 aromatic heterocycles. The first-order chi connectivity index (χ1) is 11.2. The average Bonchev–Trinajstić information content (AvgIpc) is 2.54. The van der Waals surface area contributed by atoms with E-state index in [1.807, 2.05) is 12.1 Å². The molecular formula is C16H16BrClN2O3S. The number of sulfonamides is 1. The molecule has 0 unspecified atom stereocenters. The van der Waals surface area contributed by atoms with Gasteiger partial charge < -0.3 is 5.32 Å². The van der Waals surface area contributed by atoms with Gasteiger partial charge in [0, 0.05) is 35.7 Å². The van der Waals surface area contributed by atoms with Crippen molar-refractivity contribution in [1.82, 2.24) is 9.62 Å². The fraction of sp³-hybridized carbons (Fsp3) is 0.188. The van der Waals surface area contributed by atoms with Crippen molar-refractivity contribution in [3.63, 3.8) is 0 Å². The van der Waals surface area contributed by atoms with Crippen LogP contribution < -0.4 is 5.32 Å². The van der Waals surface area contributed by atoms with Gasteiger partial charge in [0.1, 0.15) is 0 Å². The largest absolute Gasteiger partial charge is 0.348 e. The standard InChI is InChI=1S/C16H16BrClN2O3S/c1-20(2)24(22,23)15-9-12(5-8-14(15)17)16(21)19-10-11-3-6-13(18)7-4-11/h3-9H,10H2,1-2H3,(H,19,21). The Morgan fingerprint density at radius 1 is 1.17 bits per heavy atom. The molecule has 0 heterocycles. The lowest BCUT2D eigenvalue weighted by Gasteiger charge is -2.14. The predicted octanol–water partition coefficient (Wildman–Crippen LogP) is 3.28. The number of nitrogens with one attached hydrogen (secondary N) is 1. The third-order valence-corrected chi connectivity index (χ3v) is 6.38. The molecule has 0 saturated heterocycles. The maximum absolute atomic E-state index is 12.3. The molecule has 2 aromatic rings. The summed E-state index contributed by atoms with van der Waals surface area (Å²) >= 11 is 9.03. The van der Waals surface area contributed by atoms with Crippen molar-refractivity contribution < 1.29 is 13.2 Å². The van der Waals surface area contributed by atoms with Crippen molar-refractivity contribution >= 4 is 43.5 Å². The summed E-state index contributed by atoms with van der Waals surface area (Å²) in [5.41, 5.74) is 1.17. The lowest BCUT2D eigenvalue weighted by Crippen LogP contribution is -2.25. The second-order valence-electron chi connectivity index (χ2n) is 5.24. The minimum absolute atomic E-state index is 0.0478. The highest BCUT2D eigenvalue weighted by Gasteiger charge is 2.22. The summed E-state index contributed by atoms with van der Waals surface area (Å²) in [5, 5.41) is 3.38. The highest BCUT2D eigenvalue weighted by molar-refractivity contribution is 9.10. The molecule has 0 fully saturated rings. The molecule has 2 aromatic carbocycles. The highest BCUT2D eigenvalue weighted by Crippen LogP contribution is 2.25. The summed E-state index contributed by atoms with van der Waals surface area (Å²) in [6.07, 6.45) is 0. The molecule has 1 N–H and O–H groups in total. The Bertz CT molecular complexity index is 852. The molecule has 0 atom stereocenters. The summed E-state index contributed by atoms with van der Waals surface area (Å²) in [5.74, 6) is -0.354. The second-order valence-corrected chi connectivity index (χ2v) is 8.65. The zero-order chi connectivity index (χ0) is 17.9. The van der Waals surface area contributed by atoms with Crippen LogP contribution in [-0.2, 0) is 16.6 Å². The molecule has 128 valence electrons.